The highest BCUT2D eigenvalue weighted by Crippen LogP contribution is 2.43. The SMILES string of the molecule is CCC(c1cccc(O)c1)C(O)(O)C1C(O)=CC=C/C1=N\P(=O)(O)O. The number of aromatic hydroxyl groups is 1. The fourth-order valence-corrected chi connectivity index (χ4v) is 3.47. The van der Waals surface area contributed by atoms with Crippen molar-refractivity contribution in [1.29, 1.82) is 0 Å². The van der Waals surface area contributed by atoms with Gasteiger partial charge in [0, 0.05) is 5.92 Å². The number of aliphatic hydroxyl groups is 3. The summed E-state index contributed by atoms with van der Waals surface area (Å²) in [6.45, 7) is 1.68. The monoisotopic (exact) mass is 369 g/mol. The number of hydrogen-bond acceptors (Lipinski definition) is 5. The maximum absolute atomic E-state index is 11.2. The number of hydrogen-bond donors (Lipinski definition) is 6. The molecular weight excluding hydrogens is 349 g/mol. The van der Waals surface area contributed by atoms with Crippen LogP contribution in [-0.2, 0) is 4.57 Å². The van der Waals surface area contributed by atoms with Crippen molar-refractivity contribution in [3.63, 3.8) is 0 Å². The van der Waals surface area contributed by atoms with E-state index in [0.717, 1.165) is 0 Å². The number of benzene rings is 1. The Hall–Kier alpha value is -1.96. The highest BCUT2D eigenvalue weighted by atomic mass is 31.2. The summed E-state index contributed by atoms with van der Waals surface area (Å²) in [6.07, 6.45) is 3.90. The van der Waals surface area contributed by atoms with Crippen molar-refractivity contribution < 1.29 is 34.8 Å². The van der Waals surface area contributed by atoms with Gasteiger partial charge >= 0.3 is 7.75 Å². The van der Waals surface area contributed by atoms with Crippen molar-refractivity contribution in [2.75, 3.05) is 0 Å². The van der Waals surface area contributed by atoms with E-state index >= 15 is 0 Å². The second kappa shape index (κ2) is 7.11. The van der Waals surface area contributed by atoms with Crippen LogP contribution >= 0.6 is 7.75 Å². The molecule has 8 nitrogen and oxygen atoms in total. The fourth-order valence-electron chi connectivity index (χ4n) is 2.99. The predicted octanol–water partition coefficient (Wildman–Crippen LogP) is 1.73. The van der Waals surface area contributed by atoms with E-state index in [4.69, 9.17) is 9.79 Å². The average molecular weight is 369 g/mol. The van der Waals surface area contributed by atoms with Crippen LogP contribution in [0.25, 0.3) is 0 Å². The lowest BCUT2D eigenvalue weighted by molar-refractivity contribution is -0.199. The zero-order valence-electron chi connectivity index (χ0n) is 13.4. The lowest BCUT2D eigenvalue weighted by Crippen LogP contribution is -2.48. The summed E-state index contributed by atoms with van der Waals surface area (Å²) >= 11 is 0. The van der Waals surface area contributed by atoms with Gasteiger partial charge in [0.25, 0.3) is 0 Å². The zero-order valence-corrected chi connectivity index (χ0v) is 14.3. The van der Waals surface area contributed by atoms with E-state index in [-0.39, 0.29) is 17.9 Å². The van der Waals surface area contributed by atoms with Gasteiger partial charge in [-0.15, -0.1) is 0 Å². The third-order valence-electron chi connectivity index (χ3n) is 3.99. The van der Waals surface area contributed by atoms with Crippen molar-refractivity contribution in [2.45, 2.75) is 25.0 Å². The van der Waals surface area contributed by atoms with Crippen molar-refractivity contribution in [3.05, 3.63) is 53.8 Å². The minimum atomic E-state index is -4.85. The molecule has 1 aromatic rings. The Balaban J connectivity index is 2.53. The van der Waals surface area contributed by atoms with Crippen LogP contribution in [0, 0.1) is 5.92 Å². The molecule has 2 unspecified atom stereocenters. The van der Waals surface area contributed by atoms with E-state index in [9.17, 15) is 25.0 Å². The first-order valence-electron chi connectivity index (χ1n) is 7.52. The van der Waals surface area contributed by atoms with E-state index in [0.29, 0.717) is 5.56 Å². The smallest absolute Gasteiger partial charge is 0.448 e. The molecule has 0 spiro atoms. The third-order valence-corrected chi connectivity index (χ3v) is 4.48. The highest BCUT2D eigenvalue weighted by Gasteiger charge is 2.47. The predicted molar refractivity (Wildman–Crippen MR) is 91.1 cm³/mol. The first-order chi connectivity index (χ1) is 11.6. The number of phenols is 1. The Morgan fingerprint density at radius 2 is 1.96 bits per heavy atom. The summed E-state index contributed by atoms with van der Waals surface area (Å²) < 4.78 is 14.4. The minimum absolute atomic E-state index is 0.0702. The van der Waals surface area contributed by atoms with Gasteiger partial charge in [-0.25, -0.2) is 4.57 Å². The molecule has 136 valence electrons. The number of phenolic OH excluding ortho intramolecular Hbond substituents is 1. The van der Waals surface area contributed by atoms with Gasteiger partial charge in [-0.1, -0.05) is 25.1 Å². The number of aliphatic hydroxyl groups excluding tert-OH is 1. The van der Waals surface area contributed by atoms with Gasteiger partial charge in [-0.05, 0) is 36.3 Å². The Morgan fingerprint density at radius 3 is 2.52 bits per heavy atom. The molecule has 0 radical (unpaired) electrons. The molecule has 0 saturated carbocycles. The van der Waals surface area contributed by atoms with Crippen molar-refractivity contribution >= 4 is 13.5 Å². The van der Waals surface area contributed by atoms with Gasteiger partial charge in [0.15, 0.2) is 5.79 Å². The Bertz CT molecular complexity index is 778. The van der Waals surface area contributed by atoms with E-state index in [1.807, 2.05) is 0 Å². The van der Waals surface area contributed by atoms with Gasteiger partial charge in [-0.3, -0.25) is 0 Å². The molecule has 1 aliphatic carbocycles. The van der Waals surface area contributed by atoms with Gasteiger partial charge in [-0.2, -0.15) is 4.76 Å². The maximum atomic E-state index is 11.2. The van der Waals surface area contributed by atoms with E-state index in [2.05, 4.69) is 4.76 Å². The summed E-state index contributed by atoms with van der Waals surface area (Å²) in [5.41, 5.74) is 0.0438. The summed E-state index contributed by atoms with van der Waals surface area (Å²) in [6, 6.07) is 5.89. The standard InChI is InChI=1S/C16H20NO7P/c1-2-12(10-5-3-6-11(18)9-10)16(20,21)15-13(17-25(22,23)24)7-4-8-14(15)19/h3-9,12,15,18-21H,2H2,1H3,(H2,22,23,24)/b17-13+. The molecule has 0 aromatic heterocycles. The molecule has 0 heterocycles. The largest absolute Gasteiger partial charge is 0.511 e. The second-order valence-corrected chi connectivity index (χ2v) is 6.99. The second-order valence-electron chi connectivity index (χ2n) is 5.76. The Morgan fingerprint density at radius 1 is 1.28 bits per heavy atom. The molecule has 1 aromatic carbocycles. The first-order valence-corrected chi connectivity index (χ1v) is 9.09. The number of allylic oxidation sites excluding steroid dienone is 3. The molecule has 2 rings (SSSR count). The number of rotatable bonds is 5. The molecular formula is C16H20NO7P. The van der Waals surface area contributed by atoms with Crippen LogP contribution in [0.4, 0.5) is 0 Å². The molecule has 6 N–H and O–H groups in total. The molecule has 0 amide bonds. The van der Waals surface area contributed by atoms with Crippen LogP contribution in [-0.4, -0.2) is 41.7 Å². The molecule has 25 heavy (non-hydrogen) atoms. The normalized spacial score (nSPS) is 21.2. The van der Waals surface area contributed by atoms with Gasteiger partial charge in [0.2, 0.25) is 0 Å². The summed E-state index contributed by atoms with van der Waals surface area (Å²) in [7, 11) is -4.85. The quantitative estimate of drug-likeness (QED) is 0.342. The molecule has 0 saturated heterocycles. The molecule has 9 heteroatoms. The topological polar surface area (TPSA) is 151 Å². The minimum Gasteiger partial charge on any atom is -0.511 e. The van der Waals surface area contributed by atoms with Crippen molar-refractivity contribution in [2.24, 2.45) is 10.7 Å². The van der Waals surface area contributed by atoms with Crippen LogP contribution in [0.5, 0.6) is 5.75 Å². The van der Waals surface area contributed by atoms with Gasteiger partial charge in [0.05, 0.1) is 5.71 Å². The van der Waals surface area contributed by atoms with E-state index < -0.39 is 31.1 Å². The van der Waals surface area contributed by atoms with Gasteiger partial charge in [0.1, 0.15) is 17.4 Å². The van der Waals surface area contributed by atoms with Crippen molar-refractivity contribution in [1.82, 2.24) is 0 Å². The van der Waals surface area contributed by atoms with Crippen LogP contribution < -0.4 is 0 Å². The van der Waals surface area contributed by atoms with E-state index in [1.54, 1.807) is 13.0 Å². The van der Waals surface area contributed by atoms with E-state index in [1.165, 1.54) is 36.4 Å². The Kier molecular flexibility index (Phi) is 5.51. The molecule has 0 bridgehead atoms. The fraction of sp³-hybridized carbons (Fsp3) is 0.312. The molecule has 0 aliphatic heterocycles. The first kappa shape index (κ1) is 19.4. The summed E-state index contributed by atoms with van der Waals surface area (Å²) in [5.74, 6) is -5.69. The van der Waals surface area contributed by atoms with Crippen LogP contribution in [0.15, 0.2) is 53.0 Å². The number of nitrogens with zero attached hydrogens (tertiary/aromatic N) is 1. The maximum Gasteiger partial charge on any atom is 0.448 e. The van der Waals surface area contributed by atoms with Crippen LogP contribution in [0.2, 0.25) is 0 Å². The molecule has 2 atom stereocenters. The molecule has 1 aliphatic rings. The summed E-state index contributed by atoms with van der Waals surface area (Å²) in [4.78, 5) is 18.2. The lowest BCUT2D eigenvalue weighted by Gasteiger charge is -2.38. The Labute approximate surface area is 144 Å². The summed E-state index contributed by atoms with van der Waals surface area (Å²) in [5, 5.41) is 41.3. The lowest BCUT2D eigenvalue weighted by atomic mass is 9.76. The van der Waals surface area contributed by atoms with Crippen LogP contribution in [0.1, 0.15) is 24.8 Å². The average Bonchev–Trinajstić information content (AvgIpc) is 2.45. The highest BCUT2D eigenvalue weighted by molar-refractivity contribution is 7.50. The van der Waals surface area contributed by atoms with Gasteiger partial charge < -0.3 is 30.2 Å². The van der Waals surface area contributed by atoms with Crippen LogP contribution in [0.3, 0.4) is 0 Å². The molecule has 0 fully saturated rings. The van der Waals surface area contributed by atoms with Crippen molar-refractivity contribution in [3.8, 4) is 5.75 Å². The zero-order chi connectivity index (χ0) is 18.8. The third kappa shape index (κ3) is 4.36.